The highest BCUT2D eigenvalue weighted by Crippen LogP contribution is 2.48. The third-order valence-electron chi connectivity index (χ3n) is 2.67. The van der Waals surface area contributed by atoms with Crippen molar-refractivity contribution < 1.29 is 13.2 Å². The van der Waals surface area contributed by atoms with Gasteiger partial charge in [0.25, 0.3) is 0 Å². The maximum Gasteiger partial charge on any atom is 0.389 e. The molecule has 0 aromatic rings. The van der Waals surface area contributed by atoms with E-state index in [1.165, 1.54) is 0 Å². The topological polar surface area (TPSA) is 26.0 Å². The molecule has 1 rings (SSSR count). The molecule has 0 saturated heterocycles. The molecule has 0 radical (unpaired) electrons. The normalized spacial score (nSPS) is 23.8. The van der Waals surface area contributed by atoms with Crippen LogP contribution in [0, 0.1) is 5.41 Å². The van der Waals surface area contributed by atoms with Gasteiger partial charge >= 0.3 is 6.18 Å². The first-order valence-electron chi connectivity index (χ1n) is 4.16. The molecule has 1 fully saturated rings. The molecule has 12 heavy (non-hydrogen) atoms. The van der Waals surface area contributed by atoms with Crippen molar-refractivity contribution in [2.45, 2.75) is 44.8 Å². The summed E-state index contributed by atoms with van der Waals surface area (Å²) >= 11 is 0. The van der Waals surface area contributed by atoms with Crippen molar-refractivity contribution >= 4 is 0 Å². The van der Waals surface area contributed by atoms with Crippen molar-refractivity contribution in [3.63, 3.8) is 0 Å². The van der Waals surface area contributed by atoms with Gasteiger partial charge < -0.3 is 5.73 Å². The Kier molecular flexibility index (Phi) is 2.38. The Morgan fingerprint density at radius 2 is 1.92 bits per heavy atom. The number of hydrogen-bond donors (Lipinski definition) is 1. The van der Waals surface area contributed by atoms with Gasteiger partial charge in [0.2, 0.25) is 0 Å². The van der Waals surface area contributed by atoms with Crippen LogP contribution in [-0.4, -0.2) is 12.2 Å². The molecule has 1 unspecified atom stereocenters. The Morgan fingerprint density at radius 3 is 2.25 bits per heavy atom. The minimum atomic E-state index is -4.05. The lowest BCUT2D eigenvalue weighted by atomic mass is 9.95. The zero-order chi connectivity index (χ0) is 9.41. The lowest BCUT2D eigenvalue weighted by Gasteiger charge is -2.19. The molecular weight excluding hydrogens is 167 g/mol. The number of hydrogen-bond acceptors (Lipinski definition) is 1. The summed E-state index contributed by atoms with van der Waals surface area (Å²) in [7, 11) is 0. The van der Waals surface area contributed by atoms with E-state index in [-0.39, 0.29) is 17.9 Å². The summed E-state index contributed by atoms with van der Waals surface area (Å²) in [6.07, 6.45) is -2.77. The van der Waals surface area contributed by atoms with Gasteiger partial charge in [0.15, 0.2) is 0 Å². The van der Waals surface area contributed by atoms with Gasteiger partial charge in [-0.3, -0.25) is 0 Å². The van der Waals surface area contributed by atoms with Crippen LogP contribution >= 0.6 is 0 Å². The molecule has 1 atom stereocenters. The molecule has 0 bridgehead atoms. The second-order valence-electron chi connectivity index (χ2n) is 3.91. The Labute approximate surface area is 70.1 Å². The van der Waals surface area contributed by atoms with Crippen LogP contribution in [0.2, 0.25) is 0 Å². The highest BCUT2D eigenvalue weighted by atomic mass is 19.4. The van der Waals surface area contributed by atoms with E-state index in [9.17, 15) is 13.2 Å². The van der Waals surface area contributed by atoms with E-state index in [1.807, 2.05) is 6.92 Å². The van der Waals surface area contributed by atoms with Crippen molar-refractivity contribution in [3.8, 4) is 0 Å². The van der Waals surface area contributed by atoms with Crippen molar-refractivity contribution in [1.82, 2.24) is 0 Å². The highest BCUT2D eigenvalue weighted by Gasteiger charge is 2.43. The molecule has 1 aliphatic rings. The molecule has 4 heteroatoms. The Bertz CT molecular complexity index is 160. The van der Waals surface area contributed by atoms with Gasteiger partial charge in [-0.1, -0.05) is 6.92 Å². The standard InChI is InChI=1S/C8H14F3N/c1-7(4-5-7)6(12)2-3-8(9,10)11/h6H,2-5,12H2,1H3. The third-order valence-corrected chi connectivity index (χ3v) is 2.67. The molecule has 0 amide bonds. The van der Waals surface area contributed by atoms with Crippen LogP contribution in [0.4, 0.5) is 13.2 Å². The van der Waals surface area contributed by atoms with Crippen molar-refractivity contribution in [2.24, 2.45) is 11.1 Å². The van der Waals surface area contributed by atoms with Crippen LogP contribution in [0.15, 0.2) is 0 Å². The van der Waals surface area contributed by atoms with Gasteiger partial charge in [0.05, 0.1) is 0 Å². The maximum atomic E-state index is 11.8. The molecule has 0 heterocycles. The van der Waals surface area contributed by atoms with Crippen LogP contribution in [0.5, 0.6) is 0 Å². The molecule has 0 aliphatic heterocycles. The molecule has 1 nitrogen and oxygen atoms in total. The van der Waals surface area contributed by atoms with Gasteiger partial charge in [0, 0.05) is 12.5 Å². The summed E-state index contributed by atoms with van der Waals surface area (Å²) in [5, 5.41) is 0. The maximum absolute atomic E-state index is 11.8. The SMILES string of the molecule is CC1(C(N)CCC(F)(F)F)CC1. The van der Waals surface area contributed by atoms with E-state index in [0.717, 1.165) is 12.8 Å². The van der Waals surface area contributed by atoms with Crippen LogP contribution in [0.25, 0.3) is 0 Å². The molecule has 0 spiro atoms. The first kappa shape index (κ1) is 9.84. The predicted octanol–water partition coefficient (Wildman–Crippen LogP) is 2.46. The molecular formula is C8H14F3N. The molecule has 72 valence electrons. The Balaban J connectivity index is 2.23. The van der Waals surface area contributed by atoms with Gasteiger partial charge in [-0.15, -0.1) is 0 Å². The zero-order valence-electron chi connectivity index (χ0n) is 7.12. The van der Waals surface area contributed by atoms with Crippen molar-refractivity contribution in [2.75, 3.05) is 0 Å². The molecule has 2 N–H and O–H groups in total. The molecule has 1 aliphatic carbocycles. The van der Waals surface area contributed by atoms with Crippen LogP contribution < -0.4 is 5.73 Å². The number of rotatable bonds is 3. The minimum absolute atomic E-state index is 0.00521. The van der Waals surface area contributed by atoms with E-state index in [2.05, 4.69) is 0 Å². The van der Waals surface area contributed by atoms with Crippen LogP contribution in [0.3, 0.4) is 0 Å². The highest BCUT2D eigenvalue weighted by molar-refractivity contribution is 4.97. The largest absolute Gasteiger partial charge is 0.389 e. The average molecular weight is 181 g/mol. The Hall–Kier alpha value is -0.250. The summed E-state index contributed by atoms with van der Waals surface area (Å²) < 4.78 is 35.3. The first-order chi connectivity index (χ1) is 5.33. The fourth-order valence-electron chi connectivity index (χ4n) is 1.24. The summed E-state index contributed by atoms with van der Waals surface area (Å²) in [6, 6.07) is -0.279. The summed E-state index contributed by atoms with van der Waals surface area (Å²) in [5.74, 6) is 0. The monoisotopic (exact) mass is 181 g/mol. The van der Waals surface area contributed by atoms with Gasteiger partial charge in [-0.25, -0.2) is 0 Å². The average Bonchev–Trinajstić information content (AvgIpc) is 2.62. The Morgan fingerprint density at radius 1 is 1.42 bits per heavy atom. The minimum Gasteiger partial charge on any atom is -0.327 e. The number of halogens is 3. The van der Waals surface area contributed by atoms with E-state index in [0.29, 0.717) is 0 Å². The quantitative estimate of drug-likeness (QED) is 0.711. The summed E-state index contributed by atoms with van der Waals surface area (Å²) in [4.78, 5) is 0. The molecule has 1 saturated carbocycles. The van der Waals surface area contributed by atoms with E-state index in [1.54, 1.807) is 0 Å². The van der Waals surface area contributed by atoms with E-state index in [4.69, 9.17) is 5.73 Å². The van der Waals surface area contributed by atoms with Crippen LogP contribution in [0.1, 0.15) is 32.6 Å². The molecule has 0 aromatic heterocycles. The second-order valence-corrected chi connectivity index (χ2v) is 3.91. The summed E-state index contributed by atoms with van der Waals surface area (Å²) in [6.45, 7) is 1.95. The third kappa shape index (κ3) is 2.66. The smallest absolute Gasteiger partial charge is 0.327 e. The van der Waals surface area contributed by atoms with Gasteiger partial charge in [-0.05, 0) is 24.7 Å². The fourth-order valence-corrected chi connectivity index (χ4v) is 1.24. The number of nitrogens with two attached hydrogens (primary N) is 1. The zero-order valence-corrected chi connectivity index (χ0v) is 7.12. The number of alkyl halides is 3. The van der Waals surface area contributed by atoms with Crippen molar-refractivity contribution in [3.05, 3.63) is 0 Å². The lowest BCUT2D eigenvalue weighted by molar-refractivity contribution is -0.136. The van der Waals surface area contributed by atoms with Crippen LogP contribution in [-0.2, 0) is 0 Å². The second kappa shape index (κ2) is 2.91. The molecule has 0 aromatic carbocycles. The van der Waals surface area contributed by atoms with Gasteiger partial charge in [-0.2, -0.15) is 13.2 Å². The van der Waals surface area contributed by atoms with Gasteiger partial charge in [0.1, 0.15) is 0 Å². The predicted molar refractivity (Wildman–Crippen MR) is 40.6 cm³/mol. The lowest BCUT2D eigenvalue weighted by Crippen LogP contribution is -2.31. The van der Waals surface area contributed by atoms with E-state index >= 15 is 0 Å². The first-order valence-corrected chi connectivity index (χ1v) is 4.16. The van der Waals surface area contributed by atoms with Crippen molar-refractivity contribution in [1.29, 1.82) is 0 Å². The fraction of sp³-hybridized carbons (Fsp3) is 1.00. The van der Waals surface area contributed by atoms with E-state index < -0.39 is 12.6 Å². The summed E-state index contributed by atoms with van der Waals surface area (Å²) in [5.41, 5.74) is 5.63.